The van der Waals surface area contributed by atoms with Gasteiger partial charge in [-0.15, -0.1) is 0 Å². The molecule has 0 bridgehead atoms. The van der Waals surface area contributed by atoms with Crippen molar-refractivity contribution in [3.63, 3.8) is 0 Å². The van der Waals surface area contributed by atoms with E-state index in [0.717, 1.165) is 12.0 Å². The van der Waals surface area contributed by atoms with Crippen LogP contribution in [0.25, 0.3) is 0 Å². The Bertz CT molecular complexity index is 475. The second kappa shape index (κ2) is 5.85. The lowest BCUT2D eigenvalue weighted by Crippen LogP contribution is -2.33. The fraction of sp³-hybridized carbons (Fsp3) is 0.571. The highest BCUT2D eigenvalue weighted by molar-refractivity contribution is 7.90. The summed E-state index contributed by atoms with van der Waals surface area (Å²) in [4.78, 5) is 0. The van der Waals surface area contributed by atoms with Gasteiger partial charge in [0.1, 0.15) is 9.84 Å². The molecule has 2 N–H and O–H groups in total. The van der Waals surface area contributed by atoms with Crippen LogP contribution in [0.1, 0.15) is 37.8 Å². The minimum Gasteiger partial charge on any atom is -0.322 e. The van der Waals surface area contributed by atoms with Gasteiger partial charge < -0.3 is 5.73 Å². The maximum atomic E-state index is 11.1. The first-order valence-electron chi connectivity index (χ1n) is 6.30. The van der Waals surface area contributed by atoms with E-state index in [1.807, 2.05) is 19.1 Å². The predicted octanol–water partition coefficient (Wildman–Crippen LogP) is 2.25. The molecule has 0 heterocycles. The van der Waals surface area contributed by atoms with Gasteiger partial charge in [0, 0.05) is 17.5 Å². The molecule has 0 aliphatic heterocycles. The summed E-state index contributed by atoms with van der Waals surface area (Å²) in [7, 11) is -2.89. The van der Waals surface area contributed by atoms with Crippen molar-refractivity contribution in [2.75, 3.05) is 12.0 Å². The van der Waals surface area contributed by atoms with Crippen molar-refractivity contribution in [3.05, 3.63) is 35.4 Å². The van der Waals surface area contributed by atoms with Crippen LogP contribution in [0.2, 0.25) is 0 Å². The highest BCUT2D eigenvalue weighted by atomic mass is 32.2. The lowest BCUT2D eigenvalue weighted by molar-refractivity contribution is 0.446. The third-order valence-corrected chi connectivity index (χ3v) is 4.26. The van der Waals surface area contributed by atoms with Gasteiger partial charge in [0.2, 0.25) is 0 Å². The predicted molar refractivity (Wildman–Crippen MR) is 76.3 cm³/mol. The highest BCUT2D eigenvalue weighted by Gasteiger charge is 2.21. The van der Waals surface area contributed by atoms with Gasteiger partial charge in [0.25, 0.3) is 0 Å². The summed E-state index contributed by atoms with van der Waals surface area (Å²) in [6, 6.07) is 8.24. The van der Waals surface area contributed by atoms with Crippen molar-refractivity contribution < 1.29 is 8.42 Å². The SMILES string of the molecule is CCc1ccc(C(C)(N)CCCS(C)(=O)=O)cc1. The fourth-order valence-corrected chi connectivity index (χ4v) is 2.64. The Morgan fingerprint density at radius 1 is 1.22 bits per heavy atom. The van der Waals surface area contributed by atoms with Crippen molar-refractivity contribution >= 4 is 9.84 Å². The van der Waals surface area contributed by atoms with Crippen LogP contribution in [0.5, 0.6) is 0 Å². The van der Waals surface area contributed by atoms with Crippen molar-refractivity contribution in [2.45, 2.75) is 38.6 Å². The van der Waals surface area contributed by atoms with Gasteiger partial charge in [-0.05, 0) is 37.3 Å². The molecule has 0 spiro atoms. The van der Waals surface area contributed by atoms with Gasteiger partial charge in [-0.3, -0.25) is 0 Å². The van der Waals surface area contributed by atoms with Gasteiger partial charge >= 0.3 is 0 Å². The van der Waals surface area contributed by atoms with E-state index in [1.165, 1.54) is 11.8 Å². The number of nitrogens with two attached hydrogens (primary N) is 1. The third kappa shape index (κ3) is 4.78. The number of rotatable bonds is 6. The maximum absolute atomic E-state index is 11.1. The van der Waals surface area contributed by atoms with E-state index in [2.05, 4.69) is 19.1 Å². The molecular weight excluding hydrogens is 246 g/mol. The maximum Gasteiger partial charge on any atom is 0.147 e. The van der Waals surface area contributed by atoms with Crippen LogP contribution in [0.15, 0.2) is 24.3 Å². The van der Waals surface area contributed by atoms with Crippen molar-refractivity contribution in [3.8, 4) is 0 Å². The zero-order valence-corrected chi connectivity index (χ0v) is 12.3. The Hall–Kier alpha value is -0.870. The number of aryl methyl sites for hydroxylation is 1. The molecule has 1 aromatic rings. The van der Waals surface area contributed by atoms with Crippen molar-refractivity contribution in [1.82, 2.24) is 0 Å². The smallest absolute Gasteiger partial charge is 0.147 e. The van der Waals surface area contributed by atoms with E-state index in [9.17, 15) is 8.42 Å². The molecule has 3 nitrogen and oxygen atoms in total. The van der Waals surface area contributed by atoms with Crippen molar-refractivity contribution in [1.29, 1.82) is 0 Å². The summed E-state index contributed by atoms with van der Waals surface area (Å²) in [6.45, 7) is 4.07. The Balaban J connectivity index is 2.67. The minimum atomic E-state index is -2.89. The van der Waals surface area contributed by atoms with Crippen LogP contribution in [0, 0.1) is 0 Å². The van der Waals surface area contributed by atoms with E-state index < -0.39 is 15.4 Å². The summed E-state index contributed by atoms with van der Waals surface area (Å²) >= 11 is 0. The molecule has 0 aliphatic carbocycles. The Kier molecular flexibility index (Phi) is 4.93. The fourth-order valence-electron chi connectivity index (χ4n) is 1.97. The summed E-state index contributed by atoms with van der Waals surface area (Å²) in [5.74, 6) is 0.201. The molecule has 1 rings (SSSR count). The van der Waals surface area contributed by atoms with Crippen LogP contribution < -0.4 is 5.73 Å². The Morgan fingerprint density at radius 3 is 2.22 bits per heavy atom. The van der Waals surface area contributed by atoms with Crippen molar-refractivity contribution in [2.24, 2.45) is 5.73 Å². The van der Waals surface area contributed by atoms with E-state index in [0.29, 0.717) is 12.8 Å². The monoisotopic (exact) mass is 269 g/mol. The second-order valence-electron chi connectivity index (χ2n) is 5.20. The number of hydrogen-bond donors (Lipinski definition) is 1. The van der Waals surface area contributed by atoms with E-state index in [1.54, 1.807) is 0 Å². The minimum absolute atomic E-state index is 0.201. The zero-order chi connectivity index (χ0) is 13.8. The first-order chi connectivity index (χ1) is 8.24. The molecule has 1 atom stereocenters. The van der Waals surface area contributed by atoms with Crippen LogP contribution in [-0.4, -0.2) is 20.4 Å². The van der Waals surface area contributed by atoms with E-state index in [-0.39, 0.29) is 5.75 Å². The molecule has 1 aromatic carbocycles. The standard InChI is InChI=1S/C14H23NO2S/c1-4-12-6-8-13(9-7-12)14(2,15)10-5-11-18(3,16)17/h6-9H,4-5,10-11,15H2,1-3H3. The quantitative estimate of drug-likeness (QED) is 0.861. The first kappa shape index (κ1) is 15.2. The van der Waals surface area contributed by atoms with Gasteiger partial charge in [0.15, 0.2) is 0 Å². The molecule has 0 fully saturated rings. The summed E-state index contributed by atoms with van der Waals surface area (Å²) in [5.41, 5.74) is 8.15. The molecule has 0 saturated carbocycles. The topological polar surface area (TPSA) is 60.2 Å². The molecular formula is C14H23NO2S. The summed E-state index contributed by atoms with van der Waals surface area (Å²) in [5, 5.41) is 0. The molecule has 1 unspecified atom stereocenters. The number of sulfone groups is 1. The molecule has 4 heteroatoms. The molecule has 102 valence electrons. The highest BCUT2D eigenvalue weighted by Crippen LogP contribution is 2.23. The van der Waals surface area contributed by atoms with Gasteiger partial charge in [-0.1, -0.05) is 31.2 Å². The van der Waals surface area contributed by atoms with Gasteiger partial charge in [-0.25, -0.2) is 8.42 Å². The number of hydrogen-bond acceptors (Lipinski definition) is 3. The largest absolute Gasteiger partial charge is 0.322 e. The third-order valence-electron chi connectivity index (χ3n) is 3.23. The Labute approximate surface area is 110 Å². The van der Waals surface area contributed by atoms with Crippen LogP contribution in [-0.2, 0) is 21.8 Å². The average Bonchev–Trinajstić information content (AvgIpc) is 2.27. The van der Waals surface area contributed by atoms with E-state index in [4.69, 9.17) is 5.73 Å². The summed E-state index contributed by atoms with van der Waals surface area (Å²) < 4.78 is 22.2. The normalized spacial score (nSPS) is 15.3. The lowest BCUT2D eigenvalue weighted by atomic mass is 9.88. The Morgan fingerprint density at radius 2 is 1.78 bits per heavy atom. The number of benzene rings is 1. The molecule has 0 saturated heterocycles. The van der Waals surface area contributed by atoms with Crippen LogP contribution in [0.3, 0.4) is 0 Å². The lowest BCUT2D eigenvalue weighted by Gasteiger charge is -2.25. The molecule has 0 aliphatic rings. The molecule has 0 amide bonds. The second-order valence-corrected chi connectivity index (χ2v) is 7.46. The molecule has 18 heavy (non-hydrogen) atoms. The van der Waals surface area contributed by atoms with Crippen LogP contribution in [0.4, 0.5) is 0 Å². The van der Waals surface area contributed by atoms with Crippen LogP contribution >= 0.6 is 0 Å². The van der Waals surface area contributed by atoms with Gasteiger partial charge in [-0.2, -0.15) is 0 Å². The average molecular weight is 269 g/mol. The van der Waals surface area contributed by atoms with E-state index >= 15 is 0 Å². The summed E-state index contributed by atoms with van der Waals surface area (Å²) in [6.07, 6.45) is 3.54. The first-order valence-corrected chi connectivity index (χ1v) is 8.37. The molecule has 0 aromatic heterocycles. The molecule has 0 radical (unpaired) electrons. The van der Waals surface area contributed by atoms with Gasteiger partial charge in [0.05, 0.1) is 0 Å². The zero-order valence-electron chi connectivity index (χ0n) is 11.4.